The van der Waals surface area contributed by atoms with Crippen LogP contribution >= 0.6 is 9.24 Å². The molecule has 0 fully saturated rings. The molecular formula is C19H25FN5OP. The van der Waals surface area contributed by atoms with Crippen molar-refractivity contribution in [3.8, 4) is 17.1 Å². The minimum absolute atomic E-state index is 0.0153. The minimum atomic E-state index is -1.69. The van der Waals surface area contributed by atoms with Crippen LogP contribution in [-0.4, -0.2) is 30.7 Å². The lowest BCUT2D eigenvalue weighted by atomic mass is 9.90. The SMILES string of the molecule is Cc1cc(-c2cn3c(C(C)(F)P)nnc3cn2)cnc1OC(C)C(C)(C)C. The summed E-state index contributed by atoms with van der Waals surface area (Å²) in [6, 6.07) is 1.96. The Morgan fingerprint density at radius 3 is 2.44 bits per heavy atom. The number of fused-ring (bicyclic) bond motifs is 1. The summed E-state index contributed by atoms with van der Waals surface area (Å²) in [5.74, 6) is 0.809. The van der Waals surface area contributed by atoms with Crippen molar-refractivity contribution in [2.24, 2.45) is 5.41 Å². The molecule has 3 rings (SSSR count). The van der Waals surface area contributed by atoms with E-state index in [4.69, 9.17) is 4.74 Å². The van der Waals surface area contributed by atoms with Crippen molar-refractivity contribution in [1.82, 2.24) is 24.6 Å². The molecule has 6 nitrogen and oxygen atoms in total. The molecule has 0 saturated carbocycles. The van der Waals surface area contributed by atoms with Gasteiger partial charge in [0.25, 0.3) is 0 Å². The Morgan fingerprint density at radius 2 is 1.85 bits per heavy atom. The number of pyridine rings is 1. The van der Waals surface area contributed by atoms with Crippen LogP contribution in [-0.2, 0) is 5.41 Å². The Labute approximate surface area is 160 Å². The fourth-order valence-corrected chi connectivity index (χ4v) is 2.65. The second kappa shape index (κ2) is 6.79. The van der Waals surface area contributed by atoms with Crippen molar-refractivity contribution in [2.45, 2.75) is 53.1 Å². The van der Waals surface area contributed by atoms with Crippen molar-refractivity contribution in [1.29, 1.82) is 0 Å². The molecule has 0 radical (unpaired) electrons. The van der Waals surface area contributed by atoms with Crippen LogP contribution in [0.25, 0.3) is 16.9 Å². The second-order valence-electron chi connectivity index (χ2n) is 8.07. The van der Waals surface area contributed by atoms with Crippen LogP contribution in [0.4, 0.5) is 4.39 Å². The topological polar surface area (TPSA) is 65.2 Å². The van der Waals surface area contributed by atoms with Crippen LogP contribution in [0, 0.1) is 12.3 Å². The summed E-state index contributed by atoms with van der Waals surface area (Å²) < 4.78 is 22.0. The van der Waals surface area contributed by atoms with Crippen LogP contribution in [0.1, 0.15) is 46.0 Å². The van der Waals surface area contributed by atoms with E-state index in [1.165, 1.54) is 6.92 Å². The van der Waals surface area contributed by atoms with E-state index >= 15 is 0 Å². The summed E-state index contributed by atoms with van der Waals surface area (Å²) in [5, 5.41) is 6.21. The lowest BCUT2D eigenvalue weighted by Gasteiger charge is -2.27. The monoisotopic (exact) mass is 389 g/mol. The molecule has 3 heterocycles. The number of halogens is 1. The lowest BCUT2D eigenvalue weighted by Crippen LogP contribution is -2.29. The van der Waals surface area contributed by atoms with Crippen LogP contribution < -0.4 is 4.74 Å². The van der Waals surface area contributed by atoms with E-state index in [2.05, 4.69) is 50.2 Å². The van der Waals surface area contributed by atoms with Gasteiger partial charge in [-0.25, -0.2) is 9.37 Å². The van der Waals surface area contributed by atoms with E-state index in [9.17, 15) is 4.39 Å². The highest BCUT2D eigenvalue weighted by Gasteiger charge is 2.26. The van der Waals surface area contributed by atoms with Gasteiger partial charge in [-0.1, -0.05) is 30.0 Å². The zero-order valence-electron chi connectivity index (χ0n) is 16.5. The fraction of sp³-hybridized carbons (Fsp3) is 0.474. The summed E-state index contributed by atoms with van der Waals surface area (Å²) in [4.78, 5) is 8.88. The highest BCUT2D eigenvalue weighted by atomic mass is 31.0. The first-order valence-electron chi connectivity index (χ1n) is 8.79. The molecule has 0 spiro atoms. The number of hydrogen-bond acceptors (Lipinski definition) is 5. The molecule has 0 aliphatic heterocycles. The number of rotatable bonds is 4. The van der Waals surface area contributed by atoms with Crippen LogP contribution in [0.5, 0.6) is 5.88 Å². The molecule has 3 atom stereocenters. The molecule has 0 N–H and O–H groups in total. The number of aromatic nitrogens is 5. The van der Waals surface area contributed by atoms with Gasteiger partial charge < -0.3 is 4.74 Å². The summed E-state index contributed by atoms with van der Waals surface area (Å²) in [6.45, 7) is 11.8. The standard InChI is InChI=1S/C19H25FN5OP/c1-11-7-13(8-22-16(11)26-12(2)18(3,4)5)14-10-25-15(9-21-14)23-24-17(25)19(6,20)27/h7-10,12H,27H2,1-6H3. The predicted octanol–water partition coefficient (Wildman–Crippen LogP) is 4.33. The Hall–Kier alpha value is -2.14. The first kappa shape index (κ1) is 19.6. The Morgan fingerprint density at radius 1 is 1.15 bits per heavy atom. The number of nitrogens with zero attached hydrogens (tertiary/aromatic N) is 5. The molecule has 0 bridgehead atoms. The van der Waals surface area contributed by atoms with E-state index in [0.29, 0.717) is 17.2 Å². The minimum Gasteiger partial charge on any atom is -0.474 e. The first-order valence-corrected chi connectivity index (χ1v) is 9.37. The zero-order chi connectivity index (χ0) is 20.0. The van der Waals surface area contributed by atoms with Crippen molar-refractivity contribution in [3.05, 3.63) is 36.0 Å². The maximum absolute atomic E-state index is 14.3. The molecule has 0 saturated heterocycles. The Balaban J connectivity index is 1.96. The number of aryl methyl sites for hydroxylation is 1. The van der Waals surface area contributed by atoms with Crippen LogP contribution in [0.2, 0.25) is 0 Å². The van der Waals surface area contributed by atoms with E-state index in [0.717, 1.165) is 11.1 Å². The third-order valence-electron chi connectivity index (χ3n) is 4.56. The number of hydrogen-bond donors (Lipinski definition) is 0. The highest BCUT2D eigenvalue weighted by molar-refractivity contribution is 7.18. The van der Waals surface area contributed by atoms with Crippen LogP contribution in [0.15, 0.2) is 24.7 Å². The lowest BCUT2D eigenvalue weighted by molar-refractivity contribution is 0.0977. The molecule has 3 aromatic heterocycles. The molecule has 27 heavy (non-hydrogen) atoms. The van der Waals surface area contributed by atoms with Gasteiger partial charge in [0.15, 0.2) is 16.9 Å². The van der Waals surface area contributed by atoms with E-state index in [1.807, 2.05) is 19.9 Å². The molecule has 3 unspecified atom stereocenters. The smallest absolute Gasteiger partial charge is 0.216 e. The third-order valence-corrected chi connectivity index (χ3v) is 4.82. The first-order chi connectivity index (χ1) is 12.5. The van der Waals surface area contributed by atoms with Gasteiger partial charge in [0.1, 0.15) is 6.10 Å². The molecule has 8 heteroatoms. The van der Waals surface area contributed by atoms with Gasteiger partial charge in [-0.15, -0.1) is 10.2 Å². The van der Waals surface area contributed by atoms with Crippen LogP contribution in [0.3, 0.4) is 0 Å². The maximum Gasteiger partial charge on any atom is 0.216 e. The molecule has 0 aliphatic carbocycles. The molecule has 0 aliphatic rings. The van der Waals surface area contributed by atoms with Gasteiger partial charge in [-0.05, 0) is 32.3 Å². The zero-order valence-corrected chi connectivity index (χ0v) is 17.6. The normalized spacial score (nSPS) is 15.6. The van der Waals surface area contributed by atoms with Gasteiger partial charge in [0.05, 0.1) is 11.9 Å². The summed E-state index contributed by atoms with van der Waals surface area (Å²) in [6.07, 6.45) is 5.03. The summed E-state index contributed by atoms with van der Waals surface area (Å²) in [5.41, 5.74) is 2.89. The highest BCUT2D eigenvalue weighted by Crippen LogP contribution is 2.32. The van der Waals surface area contributed by atoms with Gasteiger partial charge >= 0.3 is 0 Å². The second-order valence-corrected chi connectivity index (χ2v) is 9.16. The van der Waals surface area contributed by atoms with Crippen molar-refractivity contribution < 1.29 is 9.13 Å². The summed E-state index contributed by atoms with van der Waals surface area (Å²) in [7, 11) is 2.14. The van der Waals surface area contributed by atoms with Crippen molar-refractivity contribution in [2.75, 3.05) is 0 Å². The maximum atomic E-state index is 14.3. The van der Waals surface area contributed by atoms with Gasteiger partial charge in [0.2, 0.25) is 5.88 Å². The molecule has 3 aromatic rings. The molecule has 0 amide bonds. The quantitative estimate of drug-likeness (QED) is 0.622. The summed E-state index contributed by atoms with van der Waals surface area (Å²) >= 11 is 0. The number of ether oxygens (including phenoxy) is 1. The van der Waals surface area contributed by atoms with Gasteiger partial charge in [-0.2, -0.15) is 0 Å². The number of alkyl halides is 1. The predicted molar refractivity (Wildman–Crippen MR) is 106 cm³/mol. The van der Waals surface area contributed by atoms with Crippen molar-refractivity contribution in [3.63, 3.8) is 0 Å². The molecule has 0 aromatic carbocycles. The molecular weight excluding hydrogens is 364 g/mol. The van der Waals surface area contributed by atoms with Gasteiger partial charge in [-0.3, -0.25) is 9.38 Å². The molecule has 144 valence electrons. The van der Waals surface area contributed by atoms with E-state index < -0.39 is 5.41 Å². The fourth-order valence-electron chi connectivity index (χ4n) is 2.45. The average Bonchev–Trinajstić information content (AvgIpc) is 2.99. The van der Waals surface area contributed by atoms with E-state index in [1.54, 1.807) is 23.0 Å². The van der Waals surface area contributed by atoms with E-state index in [-0.39, 0.29) is 17.3 Å². The Bertz CT molecular complexity index is 974. The largest absolute Gasteiger partial charge is 0.474 e. The Kier molecular flexibility index (Phi) is 4.93. The average molecular weight is 389 g/mol. The third kappa shape index (κ3) is 4.08. The van der Waals surface area contributed by atoms with Gasteiger partial charge in [0, 0.05) is 23.5 Å². The van der Waals surface area contributed by atoms with Crippen molar-refractivity contribution >= 4 is 14.9 Å².